The van der Waals surface area contributed by atoms with Crippen molar-refractivity contribution in [1.82, 2.24) is 10.3 Å². The lowest BCUT2D eigenvalue weighted by Gasteiger charge is -2.08. The number of nitrogens with one attached hydrogen (secondary N) is 2. The molecule has 1 amide bonds. The summed E-state index contributed by atoms with van der Waals surface area (Å²) in [5.74, 6) is -0.764. The fraction of sp³-hybridized carbons (Fsp3) is 0.158. The smallest absolute Gasteiger partial charge is 0.355 e. The molecule has 2 N–H and O–H groups in total. The second-order valence-electron chi connectivity index (χ2n) is 5.56. The molecule has 0 saturated carbocycles. The van der Waals surface area contributed by atoms with E-state index >= 15 is 0 Å². The van der Waals surface area contributed by atoms with Gasteiger partial charge in [-0.1, -0.05) is 41.4 Å². The predicted octanol–water partition coefficient (Wildman–Crippen LogP) is 4.58. The van der Waals surface area contributed by atoms with Crippen LogP contribution < -0.4 is 5.32 Å². The first-order valence-corrected chi connectivity index (χ1v) is 8.76. The van der Waals surface area contributed by atoms with Crippen molar-refractivity contribution >= 4 is 46.0 Å². The Morgan fingerprint density at radius 1 is 1.15 bits per heavy atom. The summed E-state index contributed by atoms with van der Waals surface area (Å²) in [6.45, 7) is 2.07. The molecule has 0 bridgehead atoms. The Hall–Kier alpha value is -2.50. The number of halogens is 2. The second-order valence-corrected chi connectivity index (χ2v) is 6.40. The van der Waals surface area contributed by atoms with Crippen LogP contribution in [0.3, 0.4) is 0 Å². The van der Waals surface area contributed by atoms with Gasteiger partial charge in [0.2, 0.25) is 0 Å². The Morgan fingerprint density at radius 3 is 2.58 bits per heavy atom. The third kappa shape index (κ3) is 3.69. The van der Waals surface area contributed by atoms with Gasteiger partial charge in [-0.2, -0.15) is 0 Å². The van der Waals surface area contributed by atoms with Crippen LogP contribution in [0.25, 0.3) is 10.9 Å². The molecule has 0 aliphatic heterocycles. The number of hydrogen-bond acceptors (Lipinski definition) is 3. The average Bonchev–Trinajstić information content (AvgIpc) is 2.99. The van der Waals surface area contributed by atoms with Crippen LogP contribution in [0, 0.1) is 0 Å². The highest BCUT2D eigenvalue weighted by Gasteiger charge is 2.21. The van der Waals surface area contributed by atoms with E-state index in [2.05, 4.69) is 10.3 Å². The van der Waals surface area contributed by atoms with Gasteiger partial charge in [0.25, 0.3) is 5.91 Å². The Balaban J connectivity index is 1.98. The molecule has 134 valence electrons. The lowest BCUT2D eigenvalue weighted by atomic mass is 10.1. The molecule has 1 heterocycles. The summed E-state index contributed by atoms with van der Waals surface area (Å²) in [7, 11) is 0. The largest absolute Gasteiger partial charge is 0.461 e. The van der Waals surface area contributed by atoms with E-state index in [9.17, 15) is 9.59 Å². The van der Waals surface area contributed by atoms with E-state index in [4.69, 9.17) is 27.9 Å². The minimum atomic E-state index is -0.514. The van der Waals surface area contributed by atoms with Crippen molar-refractivity contribution in [2.24, 2.45) is 0 Å². The standard InChI is InChI=1S/C19H16Cl2N2O3/c1-2-26-19(25)17-13(10-22-18(24)11-6-4-3-5-7-11)16-14(21)8-12(20)9-15(16)23-17/h3-9,23H,2,10H2,1H3,(H,22,24). The molecule has 2 aromatic carbocycles. The van der Waals surface area contributed by atoms with Gasteiger partial charge in [0.05, 0.1) is 11.6 Å². The third-order valence-corrected chi connectivity index (χ3v) is 4.38. The first-order chi connectivity index (χ1) is 12.5. The Bertz CT molecular complexity index is 968. The van der Waals surface area contributed by atoms with Crippen molar-refractivity contribution in [2.45, 2.75) is 13.5 Å². The van der Waals surface area contributed by atoms with Crippen molar-refractivity contribution in [3.8, 4) is 0 Å². The number of rotatable bonds is 5. The number of aromatic nitrogens is 1. The van der Waals surface area contributed by atoms with E-state index in [-0.39, 0.29) is 24.8 Å². The van der Waals surface area contributed by atoms with Crippen LogP contribution in [0.2, 0.25) is 10.0 Å². The molecule has 0 spiro atoms. The molecule has 5 nitrogen and oxygen atoms in total. The van der Waals surface area contributed by atoms with Gasteiger partial charge in [-0.3, -0.25) is 4.79 Å². The highest BCUT2D eigenvalue weighted by Crippen LogP contribution is 2.33. The molecule has 0 saturated heterocycles. The Kier molecular flexibility index (Phi) is 5.49. The minimum absolute atomic E-state index is 0.114. The normalized spacial score (nSPS) is 10.7. The van der Waals surface area contributed by atoms with Gasteiger partial charge in [0, 0.05) is 33.6 Å². The SMILES string of the molecule is CCOC(=O)c1[nH]c2cc(Cl)cc(Cl)c2c1CNC(=O)c1ccccc1. The molecular weight excluding hydrogens is 375 g/mol. The van der Waals surface area contributed by atoms with E-state index in [1.807, 2.05) is 6.07 Å². The van der Waals surface area contributed by atoms with Crippen molar-refractivity contribution in [1.29, 1.82) is 0 Å². The van der Waals surface area contributed by atoms with Crippen LogP contribution in [-0.4, -0.2) is 23.5 Å². The molecule has 26 heavy (non-hydrogen) atoms. The van der Waals surface area contributed by atoms with Crippen molar-refractivity contribution in [2.75, 3.05) is 6.61 Å². The number of ether oxygens (including phenoxy) is 1. The molecule has 0 unspecified atom stereocenters. The summed E-state index contributed by atoms with van der Waals surface area (Å²) in [4.78, 5) is 27.6. The average molecular weight is 391 g/mol. The third-order valence-electron chi connectivity index (χ3n) is 3.86. The van der Waals surface area contributed by atoms with Crippen LogP contribution in [0.5, 0.6) is 0 Å². The molecule has 0 radical (unpaired) electrons. The first-order valence-electron chi connectivity index (χ1n) is 8.01. The molecule has 3 rings (SSSR count). The number of carbonyl (C=O) groups excluding carboxylic acids is 2. The van der Waals surface area contributed by atoms with Crippen molar-refractivity contribution in [3.05, 3.63) is 69.3 Å². The topological polar surface area (TPSA) is 71.2 Å². The lowest BCUT2D eigenvalue weighted by molar-refractivity contribution is 0.0518. The van der Waals surface area contributed by atoms with Gasteiger partial charge in [0.15, 0.2) is 0 Å². The van der Waals surface area contributed by atoms with E-state index in [1.165, 1.54) is 0 Å². The molecule has 0 atom stereocenters. The van der Waals surface area contributed by atoms with Crippen molar-refractivity contribution < 1.29 is 14.3 Å². The molecule has 1 aromatic heterocycles. The quantitative estimate of drug-likeness (QED) is 0.626. The number of benzene rings is 2. The highest BCUT2D eigenvalue weighted by molar-refractivity contribution is 6.39. The van der Waals surface area contributed by atoms with Crippen LogP contribution in [0.4, 0.5) is 0 Å². The number of hydrogen-bond donors (Lipinski definition) is 2. The number of amides is 1. The fourth-order valence-electron chi connectivity index (χ4n) is 2.73. The number of esters is 1. The number of carbonyl (C=O) groups is 2. The van der Waals surface area contributed by atoms with Gasteiger partial charge in [-0.05, 0) is 31.2 Å². The maximum absolute atomic E-state index is 12.3. The molecule has 0 fully saturated rings. The second kappa shape index (κ2) is 7.81. The maximum atomic E-state index is 12.3. The van der Waals surface area contributed by atoms with E-state index < -0.39 is 5.97 Å². The van der Waals surface area contributed by atoms with Crippen LogP contribution in [0.15, 0.2) is 42.5 Å². The van der Waals surface area contributed by atoms with Gasteiger partial charge < -0.3 is 15.0 Å². The zero-order valence-electron chi connectivity index (χ0n) is 13.9. The lowest BCUT2D eigenvalue weighted by Crippen LogP contribution is -2.24. The van der Waals surface area contributed by atoms with Crippen LogP contribution >= 0.6 is 23.2 Å². The summed E-state index contributed by atoms with van der Waals surface area (Å²) in [6, 6.07) is 12.1. The molecule has 0 aliphatic carbocycles. The molecule has 0 aliphatic rings. The summed E-state index contributed by atoms with van der Waals surface area (Å²) in [5.41, 5.74) is 1.94. The van der Waals surface area contributed by atoms with Crippen molar-refractivity contribution in [3.63, 3.8) is 0 Å². The summed E-state index contributed by atoms with van der Waals surface area (Å²) in [6.07, 6.45) is 0. The monoisotopic (exact) mass is 390 g/mol. The zero-order valence-corrected chi connectivity index (χ0v) is 15.4. The Morgan fingerprint density at radius 2 is 1.88 bits per heavy atom. The maximum Gasteiger partial charge on any atom is 0.355 e. The number of H-pyrrole nitrogens is 1. The van der Waals surface area contributed by atoms with Crippen LogP contribution in [-0.2, 0) is 11.3 Å². The van der Waals surface area contributed by atoms with Crippen LogP contribution in [0.1, 0.15) is 33.3 Å². The summed E-state index contributed by atoms with van der Waals surface area (Å²) in [5, 5.41) is 4.28. The number of aromatic amines is 1. The zero-order chi connectivity index (χ0) is 18.7. The molecule has 7 heteroatoms. The summed E-state index contributed by atoms with van der Waals surface area (Å²) >= 11 is 12.4. The predicted molar refractivity (Wildman–Crippen MR) is 102 cm³/mol. The van der Waals surface area contributed by atoms with E-state index in [0.29, 0.717) is 32.1 Å². The first kappa shape index (κ1) is 18.3. The highest BCUT2D eigenvalue weighted by atomic mass is 35.5. The van der Waals surface area contributed by atoms with E-state index in [0.717, 1.165) is 0 Å². The van der Waals surface area contributed by atoms with Gasteiger partial charge in [-0.15, -0.1) is 0 Å². The van der Waals surface area contributed by atoms with E-state index in [1.54, 1.807) is 43.3 Å². The Labute approximate surface area is 160 Å². The molecule has 3 aromatic rings. The minimum Gasteiger partial charge on any atom is -0.461 e. The van der Waals surface area contributed by atoms with Gasteiger partial charge >= 0.3 is 5.97 Å². The summed E-state index contributed by atoms with van der Waals surface area (Å²) < 4.78 is 5.10. The van der Waals surface area contributed by atoms with Gasteiger partial charge in [0.1, 0.15) is 5.69 Å². The fourth-order valence-corrected chi connectivity index (χ4v) is 3.34. The molecular formula is C19H16Cl2N2O3. The van der Waals surface area contributed by atoms with Gasteiger partial charge in [-0.25, -0.2) is 4.79 Å². The number of fused-ring (bicyclic) bond motifs is 1.